The second kappa shape index (κ2) is 63.4. The Morgan fingerprint density at radius 2 is 0.704 bits per heavy atom. The minimum atomic E-state index is -2.16. The number of carbonyl (C=O) groups is 24. The van der Waals surface area contributed by atoms with E-state index < -0.39 is 326 Å². The molecule has 57 nitrogen and oxygen atoms in total. The lowest BCUT2D eigenvalue weighted by molar-refractivity contribution is -0.143. The zero-order chi connectivity index (χ0) is 109. The number of carbonyl (C=O) groups excluding carboxylic acids is 19. The molecule has 1 fully saturated rings. The van der Waals surface area contributed by atoms with Crippen LogP contribution in [0.5, 0.6) is 0 Å². The van der Waals surface area contributed by atoms with Crippen LogP contribution in [-0.2, 0) is 115 Å². The molecule has 0 spiro atoms. The molecule has 37 N–H and O–H groups in total. The average Bonchev–Trinajstić information content (AvgIpc) is 1.66. The Hall–Kier alpha value is -14.3. The molecule has 0 aromatic carbocycles. The predicted molar refractivity (Wildman–Crippen MR) is 500 cm³/mol. The normalized spacial score (nSPS) is 16.0. The zero-order valence-electron chi connectivity index (χ0n) is 81.9. The summed E-state index contributed by atoms with van der Waals surface area (Å²) in [4.78, 5) is 322. The number of aliphatic hydroxyl groups excluding tert-OH is 1. The summed E-state index contributed by atoms with van der Waals surface area (Å²) < 4.78 is 0. The Bertz CT molecular complexity index is 4440. The molecule has 142 heavy (non-hydrogen) atoms. The Morgan fingerprint density at radius 3 is 1.16 bits per heavy atom. The van der Waals surface area contributed by atoms with E-state index >= 15 is 0 Å². The van der Waals surface area contributed by atoms with Gasteiger partial charge in [0.1, 0.15) is 103 Å². The van der Waals surface area contributed by atoms with Crippen molar-refractivity contribution in [3.05, 3.63) is 0 Å². The van der Waals surface area contributed by atoms with E-state index in [4.69, 9.17) is 39.5 Å². The number of guanidine groups is 2. The molecular weight excluding hydrogens is 1880 g/mol. The van der Waals surface area contributed by atoms with Crippen molar-refractivity contribution in [2.75, 3.05) is 32.7 Å². The van der Waals surface area contributed by atoms with Gasteiger partial charge in [0.15, 0.2) is 11.9 Å². The molecule has 0 saturated carbocycles. The Kier molecular flexibility index (Phi) is 56.1. The smallest absolute Gasteiger partial charge is 0.326 e. The van der Waals surface area contributed by atoms with Crippen LogP contribution < -0.4 is 130 Å². The minimum Gasteiger partial charge on any atom is -0.481 e. The lowest BCUT2D eigenvalue weighted by Crippen LogP contribution is -2.61. The summed E-state index contributed by atoms with van der Waals surface area (Å²) in [5.41, 5.74) is 27.6. The van der Waals surface area contributed by atoms with Crippen LogP contribution in [-0.4, -0.2) is 337 Å². The van der Waals surface area contributed by atoms with E-state index in [0.29, 0.717) is 12.8 Å². The number of nitrogens with one attached hydrogen (secondary N) is 21. The van der Waals surface area contributed by atoms with Crippen LogP contribution in [0.2, 0.25) is 0 Å². The lowest BCUT2D eigenvalue weighted by atomic mass is 9.98. The highest BCUT2D eigenvalue weighted by Crippen LogP contribution is 2.22. The number of aliphatic hydroxyl groups is 1. The number of carboxylic acid groups (broad SMARTS) is 5. The average molecular weight is 2030 g/mol. The van der Waals surface area contributed by atoms with Gasteiger partial charge in [0.05, 0.1) is 44.4 Å². The van der Waals surface area contributed by atoms with E-state index in [0.717, 1.165) is 32.6 Å². The minimum absolute atomic E-state index is 0.00882. The maximum atomic E-state index is 14.4. The van der Waals surface area contributed by atoms with Crippen LogP contribution in [0.3, 0.4) is 0 Å². The molecule has 19 atom stereocenters. The fourth-order valence-corrected chi connectivity index (χ4v) is 14.0. The van der Waals surface area contributed by atoms with Crippen molar-refractivity contribution in [2.24, 2.45) is 52.3 Å². The first-order chi connectivity index (χ1) is 66.1. The molecule has 19 amide bonds. The molecule has 0 bridgehead atoms. The highest BCUT2D eigenvalue weighted by molar-refractivity contribution is 6.03. The summed E-state index contributed by atoms with van der Waals surface area (Å²) >= 11 is 0. The first-order valence-corrected chi connectivity index (χ1v) is 46.2. The van der Waals surface area contributed by atoms with E-state index in [9.17, 15) is 146 Å². The van der Waals surface area contributed by atoms with E-state index in [2.05, 4.69) is 90.4 Å². The number of primary amides is 1. The Morgan fingerprint density at radius 1 is 0.352 bits per heavy atom. The molecule has 0 aliphatic carbocycles. The van der Waals surface area contributed by atoms with Gasteiger partial charge < -0.3 is 165 Å². The summed E-state index contributed by atoms with van der Waals surface area (Å²) in [6.07, 6.45) is -6.72. The van der Waals surface area contributed by atoms with Gasteiger partial charge in [-0.05, 0) is 148 Å². The maximum absolute atomic E-state index is 14.4. The topological polar surface area (TPSA) is 941 Å². The van der Waals surface area contributed by atoms with Gasteiger partial charge in [-0.2, -0.15) is 0 Å². The summed E-state index contributed by atoms with van der Waals surface area (Å²) in [6.45, 7) is 17.6. The number of nitrogens with two attached hydrogens (primary N) is 5. The number of amides is 19. The van der Waals surface area contributed by atoms with Gasteiger partial charge in [0, 0.05) is 26.1 Å². The molecular formula is C85H145N27O30. The van der Waals surface area contributed by atoms with E-state index in [1.165, 1.54) is 20.8 Å². The van der Waals surface area contributed by atoms with Crippen LogP contribution in [0.15, 0.2) is 0 Å². The SMILES string of the molecule is CC(C)C[C@H](NC(=O)[C@H](CCCNC(=N)N)NC(=O)[C@H](CC(C)C)NC(=O)[C@@H](NC(=O)[C@H](CCC(=O)O)NC(=O)CNC(=O)[C@H](CC(=O)O)NC(=O)[C@H](CC(N)=O)NC(=O)[C@H](CC(C)C)NC(=O)[C@H](C)NC(=O)[C@H](CC(=O)O)NC(=O)[C@H](C)NC(=O)[C@H](C)NC(=O)[C@@H](NC(=O)[C@H](C)NC(=O)[C@@H]1CCCN1C(=O)[C@H](CCCNC(=N)N)NC(=O)[C@H](CCCCN)NC(=O)[C@@H](N)CC(=O)O)[C@@H](C)O)C(C)C)C(=O)O. The van der Waals surface area contributed by atoms with Crippen LogP contribution in [0.25, 0.3) is 0 Å². The first kappa shape index (κ1) is 126. The molecule has 0 aromatic heterocycles. The van der Waals surface area contributed by atoms with Crippen molar-refractivity contribution in [1.29, 1.82) is 10.8 Å². The fourth-order valence-electron chi connectivity index (χ4n) is 14.0. The number of unbranched alkanes of at least 4 members (excludes halogenated alkanes) is 1. The highest BCUT2D eigenvalue weighted by atomic mass is 16.4. The number of hydrogen-bond donors (Lipinski definition) is 32. The molecule has 0 unspecified atom stereocenters. The van der Waals surface area contributed by atoms with Gasteiger partial charge >= 0.3 is 29.8 Å². The number of rotatable bonds is 67. The number of aliphatic carboxylic acids is 5. The Balaban J connectivity index is 3.32. The summed E-state index contributed by atoms with van der Waals surface area (Å²) in [7, 11) is 0. The zero-order valence-corrected chi connectivity index (χ0v) is 81.9. The molecule has 1 aliphatic rings. The first-order valence-electron chi connectivity index (χ1n) is 46.2. The fraction of sp³-hybridized carbons (Fsp3) is 0.694. The molecule has 57 heteroatoms. The van der Waals surface area contributed by atoms with Gasteiger partial charge in [-0.25, -0.2) is 4.79 Å². The molecule has 1 rings (SSSR count). The largest absolute Gasteiger partial charge is 0.481 e. The van der Waals surface area contributed by atoms with Crippen LogP contribution in [0.1, 0.15) is 206 Å². The van der Waals surface area contributed by atoms with Gasteiger partial charge in [0.2, 0.25) is 112 Å². The van der Waals surface area contributed by atoms with Gasteiger partial charge in [0.25, 0.3) is 0 Å². The third kappa shape index (κ3) is 48.5. The summed E-state index contributed by atoms with van der Waals surface area (Å²) in [6, 6.07) is -29.3. The number of carboxylic acids is 5. The standard InChI is InChI=1S/C85H145N27O30/c1-37(2)29-51(77(135)106-53(33-58(88)114)78(136)107-54(34-62(120)121)71(129)95-36-59(115)100-49(23-24-60(116)117)74(132)110-64(40(7)8)80(138)108-52(30-38(3)4)76(134)102-48(20-16-26-93-84(89)90)73(131)109-56(83(141)142)31-39(5)6)104-68(126)43(11)97-75(133)55(35-63(122)123)105-67(125)42(10)96-66(124)41(9)99-81(139)65(45(13)113)111-69(127)44(12)98-79(137)57-22-18-28-112(57)82(140)50(21-17-27-94-85(91)92)103-72(130)47(19-14-15-25-86)101-70(128)46(87)32-61(118)119/h37-57,64-65,113H,14-36,86-87H2,1-13H3,(H2,88,114)(H,95,129)(H,96,124)(H,97,133)(H,98,137)(H,99,139)(H,100,115)(H,101,128)(H,102,134)(H,103,130)(H,104,126)(H,105,125)(H,106,135)(H,107,136)(H,108,138)(H,109,131)(H,110,132)(H,111,127)(H,116,117)(H,118,119)(H,120,121)(H,122,123)(H,141,142)(H4,89,90,93)(H4,91,92,94)/t41-,42-,43-,44-,45+,46-,47-,48-,49-,50-,51-,52-,53-,54-,55-,56-,57-,64-,65-/m0/s1. The molecule has 1 heterocycles. The van der Waals surface area contributed by atoms with Gasteiger partial charge in [-0.15, -0.1) is 0 Å². The van der Waals surface area contributed by atoms with E-state index in [-0.39, 0.29) is 102 Å². The Labute approximate surface area is 818 Å². The van der Waals surface area contributed by atoms with Gasteiger partial charge in [-0.3, -0.25) is 121 Å². The van der Waals surface area contributed by atoms with Crippen molar-refractivity contribution in [3.63, 3.8) is 0 Å². The second-order valence-corrected chi connectivity index (χ2v) is 35.9. The third-order valence-electron chi connectivity index (χ3n) is 21.5. The lowest BCUT2D eigenvalue weighted by Gasteiger charge is -2.31. The number of hydrogen-bond acceptors (Lipinski definition) is 29. The maximum Gasteiger partial charge on any atom is 0.326 e. The van der Waals surface area contributed by atoms with Gasteiger partial charge in [-0.1, -0.05) is 55.4 Å². The number of likely N-dealkylation sites (tertiary alicyclic amines) is 1. The monoisotopic (exact) mass is 2020 g/mol. The van der Waals surface area contributed by atoms with Crippen molar-refractivity contribution in [2.45, 2.75) is 320 Å². The quantitative estimate of drug-likeness (QED) is 0.0153. The highest BCUT2D eigenvalue weighted by Gasteiger charge is 2.43. The predicted octanol–water partition coefficient (Wildman–Crippen LogP) is -10.7. The van der Waals surface area contributed by atoms with Crippen molar-refractivity contribution < 1.29 is 146 Å². The molecule has 0 aromatic rings. The van der Waals surface area contributed by atoms with Crippen molar-refractivity contribution in [1.82, 2.24) is 106 Å². The molecule has 800 valence electrons. The van der Waals surface area contributed by atoms with Crippen LogP contribution >= 0.6 is 0 Å². The molecule has 1 aliphatic heterocycles. The van der Waals surface area contributed by atoms with Crippen molar-refractivity contribution >= 4 is 154 Å². The molecule has 0 radical (unpaired) electrons. The second-order valence-electron chi connectivity index (χ2n) is 35.9. The van der Waals surface area contributed by atoms with Crippen LogP contribution in [0.4, 0.5) is 0 Å². The van der Waals surface area contributed by atoms with E-state index in [1.807, 2.05) is 10.6 Å². The van der Waals surface area contributed by atoms with Crippen LogP contribution in [0, 0.1) is 34.5 Å². The van der Waals surface area contributed by atoms with E-state index in [1.54, 1.807) is 41.5 Å². The number of nitrogens with zero attached hydrogens (tertiary/aromatic N) is 1. The molecule has 1 saturated heterocycles. The summed E-state index contributed by atoms with van der Waals surface area (Å²) in [5, 5.41) is 118. The summed E-state index contributed by atoms with van der Waals surface area (Å²) in [5.74, 6) is -31.5. The van der Waals surface area contributed by atoms with Crippen molar-refractivity contribution in [3.8, 4) is 0 Å². The third-order valence-corrected chi connectivity index (χ3v) is 21.5.